The highest BCUT2D eigenvalue weighted by Crippen LogP contribution is 2.47. The largest absolute Gasteiger partial charge is 0.496 e. The number of aromatic nitrogens is 2. The van der Waals surface area contributed by atoms with E-state index >= 15 is 0 Å². The number of allylic oxidation sites excluding steroid dienone is 1. The summed E-state index contributed by atoms with van der Waals surface area (Å²) in [4.78, 5) is 53.5. The monoisotopic (exact) mass is 765 g/mol. The highest BCUT2D eigenvalue weighted by Gasteiger charge is 2.62. The van der Waals surface area contributed by atoms with Gasteiger partial charge in [0.05, 0.1) is 36.3 Å². The quantitative estimate of drug-likeness (QED) is 0.277. The third-order valence-corrected chi connectivity index (χ3v) is 12.6. The maximum Gasteiger partial charge on any atom is 0.362 e. The number of amides is 3. The number of pyridine rings is 1. The van der Waals surface area contributed by atoms with E-state index in [9.17, 15) is 22.8 Å². The van der Waals surface area contributed by atoms with E-state index in [1.807, 2.05) is 42.7 Å². The minimum Gasteiger partial charge on any atom is -0.496 e. The number of benzene rings is 1. The van der Waals surface area contributed by atoms with E-state index in [2.05, 4.69) is 23.9 Å². The lowest BCUT2D eigenvalue weighted by atomic mass is 9.93. The van der Waals surface area contributed by atoms with Crippen LogP contribution < -0.4 is 19.5 Å². The van der Waals surface area contributed by atoms with E-state index in [4.69, 9.17) is 23.6 Å². The zero-order valence-electron chi connectivity index (χ0n) is 30.7. The van der Waals surface area contributed by atoms with Gasteiger partial charge in [-0.1, -0.05) is 26.0 Å². The summed E-state index contributed by atoms with van der Waals surface area (Å²) in [6, 6.07) is 5.63. The fourth-order valence-corrected chi connectivity index (χ4v) is 9.39. The normalized spacial score (nSPS) is 26.5. The molecule has 0 spiro atoms. The van der Waals surface area contributed by atoms with Gasteiger partial charge in [-0.3, -0.25) is 18.6 Å². The molecule has 284 valence electrons. The number of ether oxygens (including phenoxy) is 2. The Morgan fingerprint density at radius 2 is 1.87 bits per heavy atom. The highest BCUT2D eigenvalue weighted by molar-refractivity contribution is 7.85. The third-order valence-electron chi connectivity index (χ3n) is 10.8. The summed E-state index contributed by atoms with van der Waals surface area (Å²) in [5, 5.41) is 6.46. The fourth-order valence-electron chi connectivity index (χ4n) is 7.44. The van der Waals surface area contributed by atoms with Crippen LogP contribution in [-0.4, -0.2) is 79.5 Å². The second kappa shape index (κ2) is 14.6. The lowest BCUT2D eigenvalue weighted by molar-refractivity contribution is -0.140. The first kappa shape index (κ1) is 37.2. The van der Waals surface area contributed by atoms with E-state index in [-0.39, 0.29) is 31.1 Å². The van der Waals surface area contributed by atoms with Crippen LogP contribution in [0.25, 0.3) is 21.6 Å². The Balaban J connectivity index is 1.20. The van der Waals surface area contributed by atoms with E-state index in [1.165, 1.54) is 11.3 Å². The molecule has 3 aliphatic carbocycles. The summed E-state index contributed by atoms with van der Waals surface area (Å²) in [5.41, 5.74) is 1.67. The van der Waals surface area contributed by atoms with Crippen LogP contribution in [0.15, 0.2) is 35.7 Å². The number of thiazole rings is 1. The summed E-state index contributed by atoms with van der Waals surface area (Å²) < 4.78 is 44.8. The zero-order valence-corrected chi connectivity index (χ0v) is 32.3. The molecule has 0 saturated heterocycles. The first-order chi connectivity index (χ1) is 25.3. The Bertz CT molecular complexity index is 2060. The molecule has 53 heavy (non-hydrogen) atoms. The minimum absolute atomic E-state index is 0.167. The van der Waals surface area contributed by atoms with Gasteiger partial charge in [0, 0.05) is 41.9 Å². The number of nitrogens with zero attached hydrogens (tertiary/aromatic N) is 3. The molecule has 0 unspecified atom stereocenters. The van der Waals surface area contributed by atoms with Crippen molar-refractivity contribution in [2.45, 2.75) is 95.8 Å². The highest BCUT2D eigenvalue weighted by atomic mass is 32.2. The molecule has 5 atom stereocenters. The third kappa shape index (κ3) is 7.79. The van der Waals surface area contributed by atoms with Crippen molar-refractivity contribution in [1.29, 1.82) is 0 Å². The van der Waals surface area contributed by atoms with Crippen molar-refractivity contribution in [3.63, 3.8) is 0 Å². The van der Waals surface area contributed by atoms with Crippen LogP contribution in [0.3, 0.4) is 0 Å². The van der Waals surface area contributed by atoms with Crippen molar-refractivity contribution < 1.29 is 36.5 Å². The summed E-state index contributed by atoms with van der Waals surface area (Å²) in [6.45, 7) is 6.66. The molecule has 3 saturated carbocycles. The van der Waals surface area contributed by atoms with Crippen LogP contribution in [0, 0.1) is 24.7 Å². The molecule has 0 bridgehead atoms. The molecule has 3 heterocycles. The van der Waals surface area contributed by atoms with Crippen molar-refractivity contribution in [3.05, 3.63) is 47.0 Å². The van der Waals surface area contributed by atoms with Gasteiger partial charge in [0.1, 0.15) is 33.8 Å². The zero-order chi connectivity index (χ0) is 37.7. The van der Waals surface area contributed by atoms with Crippen molar-refractivity contribution in [2.24, 2.45) is 17.8 Å². The maximum atomic E-state index is 14.3. The second-order valence-corrected chi connectivity index (χ2v) is 17.2. The molecule has 1 aliphatic heterocycles. The van der Waals surface area contributed by atoms with Gasteiger partial charge >= 0.3 is 10.3 Å². The number of carbonyl (C=O) groups is 3. The predicted molar refractivity (Wildman–Crippen MR) is 200 cm³/mol. The molecule has 0 radical (unpaired) electrons. The molecule has 15 heteroatoms. The number of nitrogens with one attached hydrogen (secondary N) is 2. The molecular weight excluding hydrogens is 719 g/mol. The summed E-state index contributed by atoms with van der Waals surface area (Å²) in [6.07, 6.45) is 7.11. The molecule has 2 aromatic heterocycles. The Morgan fingerprint density at radius 1 is 1.09 bits per heavy atom. The maximum absolute atomic E-state index is 14.3. The lowest BCUT2D eigenvalue weighted by Crippen LogP contribution is -2.54. The first-order valence-electron chi connectivity index (χ1n) is 18.4. The molecule has 13 nitrogen and oxygen atoms in total. The Kier molecular flexibility index (Phi) is 10.3. The van der Waals surface area contributed by atoms with Crippen molar-refractivity contribution >= 4 is 50.3 Å². The van der Waals surface area contributed by atoms with Crippen LogP contribution in [0.2, 0.25) is 0 Å². The topological polar surface area (TPSA) is 166 Å². The molecule has 2 N–H and O–H groups in total. The number of aryl methyl sites for hydroxylation is 1. The second-order valence-electron chi connectivity index (χ2n) is 15.1. The fraction of sp³-hybridized carbons (Fsp3) is 0.553. The van der Waals surface area contributed by atoms with Gasteiger partial charge in [-0.25, -0.2) is 14.7 Å². The number of carbonyl (C=O) groups excluding carboxylic acids is 3. The van der Waals surface area contributed by atoms with Crippen LogP contribution in [0.1, 0.15) is 82.4 Å². The molecule has 7 rings (SSSR count). The van der Waals surface area contributed by atoms with Gasteiger partial charge < -0.3 is 19.7 Å². The Hall–Kier alpha value is -4.08. The van der Waals surface area contributed by atoms with Crippen LogP contribution in [0.5, 0.6) is 11.5 Å². The van der Waals surface area contributed by atoms with Crippen LogP contribution >= 0.6 is 11.3 Å². The summed E-state index contributed by atoms with van der Waals surface area (Å²) in [5.74, 6) is -1.96. The smallest absolute Gasteiger partial charge is 0.362 e. The summed E-state index contributed by atoms with van der Waals surface area (Å²) >= 11 is 1.51. The van der Waals surface area contributed by atoms with Crippen molar-refractivity contribution in [3.8, 4) is 22.2 Å². The number of methoxy groups -OCH3 is 1. The molecule has 3 aromatic rings. The lowest BCUT2D eigenvalue weighted by Gasteiger charge is -2.26. The molecule has 4 aliphatic rings. The SMILES string of the molecule is COc1ccc2c(O[C@@H]3C[C@H]4C(=O)N[C@]5(C(=O)NS(=O)(=O)OC6CC6)C[C@@H]5C=CCCCCN(C)C(=O)[C@@H]4C3)cc(-c3nc(C(C)C)cs3)nc2c1C. The average Bonchev–Trinajstić information content (AvgIpc) is 3.93. The molecule has 3 amide bonds. The van der Waals surface area contributed by atoms with Crippen molar-refractivity contribution in [1.82, 2.24) is 24.9 Å². The number of hydrogen-bond acceptors (Lipinski definition) is 11. The standard InChI is InChI=1S/C38H47N5O8S2/c1-21(2)30-20-52-35(40-30)29-18-32(26-13-14-31(49-5)22(3)33(26)39-29)50-25-16-27-28(17-25)36(45)43(4)15-9-7-6-8-10-23-19-38(23,41-34(27)44)37(46)42-53(47,48)51-24-11-12-24/h8,10,13-14,18,20-21,23-25,27-28H,6-7,9,11-12,15-17,19H2,1-5H3,(H,41,44)(H,42,46)/t23-,25+,27+,28+,38+/m0/s1. The Labute approximate surface area is 314 Å². The number of rotatable bonds is 9. The predicted octanol–water partition coefficient (Wildman–Crippen LogP) is 5.19. The van der Waals surface area contributed by atoms with Gasteiger partial charge in [0.25, 0.3) is 5.91 Å². The minimum atomic E-state index is -4.36. The van der Waals surface area contributed by atoms with E-state index in [1.54, 1.807) is 19.1 Å². The summed E-state index contributed by atoms with van der Waals surface area (Å²) in [7, 11) is -0.993. The van der Waals surface area contributed by atoms with Crippen molar-refractivity contribution in [2.75, 3.05) is 20.7 Å². The molecular formula is C38H47N5O8S2. The number of hydrogen-bond donors (Lipinski definition) is 2. The Morgan fingerprint density at radius 3 is 2.58 bits per heavy atom. The van der Waals surface area contributed by atoms with Gasteiger partial charge in [-0.2, -0.15) is 8.42 Å². The van der Waals surface area contributed by atoms with E-state index in [0.29, 0.717) is 42.1 Å². The molecule has 1 aromatic carbocycles. The molecule has 3 fully saturated rings. The first-order valence-corrected chi connectivity index (χ1v) is 20.7. The van der Waals surface area contributed by atoms with Gasteiger partial charge in [0.2, 0.25) is 11.8 Å². The van der Waals surface area contributed by atoms with Crippen LogP contribution in [0.4, 0.5) is 0 Å². The van der Waals surface area contributed by atoms with Crippen LogP contribution in [-0.2, 0) is 28.9 Å². The van der Waals surface area contributed by atoms with Gasteiger partial charge in [-0.05, 0) is 76.3 Å². The van der Waals surface area contributed by atoms with Gasteiger partial charge in [-0.15, -0.1) is 11.3 Å². The van der Waals surface area contributed by atoms with Gasteiger partial charge in [0.15, 0.2) is 0 Å². The van der Waals surface area contributed by atoms with E-state index < -0.39 is 57.6 Å². The average molecular weight is 766 g/mol. The van der Waals surface area contributed by atoms with E-state index in [0.717, 1.165) is 40.9 Å². The number of fused-ring (bicyclic) bond motifs is 3.